The van der Waals surface area contributed by atoms with Crippen molar-refractivity contribution in [3.63, 3.8) is 0 Å². The maximum atomic E-state index is 4.36. The highest BCUT2D eigenvalue weighted by Crippen LogP contribution is 2.37. The minimum atomic E-state index is 0.245. The molecule has 0 aromatic carbocycles. The molecule has 12 heavy (non-hydrogen) atoms. The summed E-state index contributed by atoms with van der Waals surface area (Å²) in [5, 5.41) is 0. The topological polar surface area (TPSA) is 0 Å². The molecule has 0 aliphatic heterocycles. The van der Waals surface area contributed by atoms with Gasteiger partial charge in [-0.05, 0) is 18.4 Å². The van der Waals surface area contributed by atoms with Crippen LogP contribution in [0.25, 0.3) is 0 Å². The number of hydrogen-bond donors (Lipinski definition) is 3. The summed E-state index contributed by atoms with van der Waals surface area (Å²) in [6.45, 7) is 2.24. The van der Waals surface area contributed by atoms with Crippen LogP contribution in [0.1, 0.15) is 6.92 Å². The molecule has 74 valence electrons. The smallest absolute Gasteiger partial charge is 0.0671 e. The predicted octanol–water partition coefficient (Wildman–Crippen LogP) is 2.96. The highest BCUT2D eigenvalue weighted by atomic mass is 32.2. The van der Waals surface area contributed by atoms with Crippen molar-refractivity contribution >= 4 is 61.4 Å². The van der Waals surface area contributed by atoms with E-state index in [4.69, 9.17) is 0 Å². The molecule has 0 fully saturated rings. The van der Waals surface area contributed by atoms with Gasteiger partial charge in [-0.1, -0.05) is 0 Å². The number of rotatable bonds is 7. The second kappa shape index (κ2) is 8.09. The van der Waals surface area contributed by atoms with Crippen molar-refractivity contribution in [1.29, 1.82) is 0 Å². The molecule has 0 aliphatic carbocycles. The largest absolute Gasteiger partial charge is 0.179 e. The third kappa shape index (κ3) is 6.24. The molecule has 0 bridgehead atoms. The van der Waals surface area contributed by atoms with Crippen LogP contribution in [0.3, 0.4) is 0 Å². The van der Waals surface area contributed by atoms with E-state index in [9.17, 15) is 0 Å². The van der Waals surface area contributed by atoms with Gasteiger partial charge < -0.3 is 0 Å². The van der Waals surface area contributed by atoms with Gasteiger partial charge in [0.05, 0.1) is 4.08 Å². The average Bonchev–Trinajstić information content (AvgIpc) is 2.11. The number of thiol groups is 3. The predicted molar refractivity (Wildman–Crippen MR) is 74.9 cm³/mol. The molecule has 0 aromatic rings. The van der Waals surface area contributed by atoms with E-state index < -0.39 is 0 Å². The molecular weight excluding hydrogens is 244 g/mol. The molecule has 0 N–H and O–H groups in total. The number of thioether (sulfide) groups is 2. The monoisotopic (exact) mass is 260 g/mol. The first kappa shape index (κ1) is 13.8. The van der Waals surface area contributed by atoms with Gasteiger partial charge in [0.2, 0.25) is 0 Å². The first-order chi connectivity index (χ1) is 5.68. The van der Waals surface area contributed by atoms with E-state index in [1.54, 1.807) is 0 Å². The molecule has 0 aliphatic rings. The van der Waals surface area contributed by atoms with Gasteiger partial charge >= 0.3 is 0 Å². The zero-order valence-electron chi connectivity index (χ0n) is 7.19. The molecule has 0 radical (unpaired) electrons. The molecule has 0 amide bonds. The molecule has 0 aromatic heterocycles. The van der Waals surface area contributed by atoms with Crippen LogP contribution in [0.2, 0.25) is 0 Å². The maximum Gasteiger partial charge on any atom is 0.0671 e. The third-order valence-corrected chi connectivity index (χ3v) is 6.43. The standard InChI is InChI=1S/C7H16S5/c1-7(6-10,11-4-2-8)12-5-3-9/h8-10H,2-6H2,1H3. The van der Waals surface area contributed by atoms with E-state index in [0.717, 1.165) is 28.8 Å². The summed E-state index contributed by atoms with van der Waals surface area (Å²) in [6, 6.07) is 0. The van der Waals surface area contributed by atoms with Gasteiger partial charge in [0.25, 0.3) is 0 Å². The second-order valence-electron chi connectivity index (χ2n) is 2.44. The lowest BCUT2D eigenvalue weighted by atomic mass is 10.5. The Morgan fingerprint density at radius 2 is 1.42 bits per heavy atom. The van der Waals surface area contributed by atoms with E-state index in [1.807, 2.05) is 23.5 Å². The Balaban J connectivity index is 3.70. The van der Waals surface area contributed by atoms with Crippen LogP contribution in [0, 0.1) is 0 Å². The summed E-state index contributed by atoms with van der Waals surface area (Å²) in [5.41, 5.74) is 0. The molecule has 0 saturated heterocycles. The average molecular weight is 261 g/mol. The van der Waals surface area contributed by atoms with Crippen molar-refractivity contribution in [3.8, 4) is 0 Å². The Morgan fingerprint density at radius 3 is 1.67 bits per heavy atom. The van der Waals surface area contributed by atoms with Gasteiger partial charge in [0.15, 0.2) is 0 Å². The van der Waals surface area contributed by atoms with E-state index in [0.29, 0.717) is 0 Å². The summed E-state index contributed by atoms with van der Waals surface area (Å²) in [5.74, 6) is 4.98. The van der Waals surface area contributed by atoms with Gasteiger partial charge in [-0.3, -0.25) is 0 Å². The van der Waals surface area contributed by atoms with Crippen LogP contribution in [-0.2, 0) is 0 Å². The second-order valence-corrected chi connectivity index (χ2v) is 7.10. The first-order valence-corrected chi connectivity index (χ1v) is 7.66. The van der Waals surface area contributed by atoms with E-state index in [1.165, 1.54) is 0 Å². The van der Waals surface area contributed by atoms with E-state index in [2.05, 4.69) is 44.8 Å². The minimum absolute atomic E-state index is 0.245. The summed E-state index contributed by atoms with van der Waals surface area (Å²) >= 11 is 16.6. The summed E-state index contributed by atoms with van der Waals surface area (Å²) in [6.07, 6.45) is 0. The fourth-order valence-electron chi connectivity index (χ4n) is 0.656. The van der Waals surface area contributed by atoms with Crippen LogP contribution in [-0.4, -0.2) is 32.8 Å². The Morgan fingerprint density at radius 1 is 1.00 bits per heavy atom. The van der Waals surface area contributed by atoms with E-state index in [-0.39, 0.29) is 4.08 Å². The highest BCUT2D eigenvalue weighted by Gasteiger charge is 2.22. The van der Waals surface area contributed by atoms with Gasteiger partial charge in [-0.15, -0.1) is 23.5 Å². The fourth-order valence-corrected chi connectivity index (χ4v) is 3.81. The van der Waals surface area contributed by atoms with Gasteiger partial charge in [-0.25, -0.2) is 0 Å². The molecule has 0 unspecified atom stereocenters. The molecule has 0 heterocycles. The number of hydrogen-bond acceptors (Lipinski definition) is 5. The van der Waals surface area contributed by atoms with Crippen molar-refractivity contribution in [2.75, 3.05) is 28.8 Å². The normalized spacial score (nSPS) is 12.0. The summed E-state index contributed by atoms with van der Waals surface area (Å²) in [4.78, 5) is 0. The van der Waals surface area contributed by atoms with Crippen LogP contribution < -0.4 is 0 Å². The molecule has 0 atom stereocenters. The molecule has 5 heteroatoms. The van der Waals surface area contributed by atoms with E-state index >= 15 is 0 Å². The van der Waals surface area contributed by atoms with Crippen molar-refractivity contribution in [2.24, 2.45) is 0 Å². The van der Waals surface area contributed by atoms with Crippen LogP contribution in [0.15, 0.2) is 0 Å². The SMILES string of the molecule is CC(CS)(SCCS)SCCS. The van der Waals surface area contributed by atoms with Gasteiger partial charge in [-0.2, -0.15) is 37.9 Å². The quantitative estimate of drug-likeness (QED) is 0.476. The lowest BCUT2D eigenvalue weighted by Gasteiger charge is -2.25. The lowest BCUT2D eigenvalue weighted by Crippen LogP contribution is -2.19. The van der Waals surface area contributed by atoms with Crippen LogP contribution in [0.5, 0.6) is 0 Å². The third-order valence-electron chi connectivity index (χ3n) is 1.28. The lowest BCUT2D eigenvalue weighted by molar-refractivity contribution is 1.05. The Bertz CT molecular complexity index is 98.0. The van der Waals surface area contributed by atoms with Crippen LogP contribution in [0.4, 0.5) is 0 Å². The molecule has 0 nitrogen and oxygen atoms in total. The zero-order valence-corrected chi connectivity index (χ0v) is 11.5. The minimum Gasteiger partial charge on any atom is -0.179 e. The van der Waals surface area contributed by atoms with Gasteiger partial charge in [0, 0.05) is 17.3 Å². The Labute approximate surface area is 101 Å². The first-order valence-electron chi connectivity index (χ1n) is 3.79. The Kier molecular flexibility index (Phi) is 9.27. The van der Waals surface area contributed by atoms with Gasteiger partial charge in [0.1, 0.15) is 0 Å². The van der Waals surface area contributed by atoms with Crippen molar-refractivity contribution in [2.45, 2.75) is 11.0 Å². The highest BCUT2D eigenvalue weighted by molar-refractivity contribution is 8.19. The molecule has 0 saturated carbocycles. The fraction of sp³-hybridized carbons (Fsp3) is 1.00. The van der Waals surface area contributed by atoms with Crippen molar-refractivity contribution in [1.82, 2.24) is 0 Å². The summed E-state index contributed by atoms with van der Waals surface area (Å²) in [7, 11) is 0. The summed E-state index contributed by atoms with van der Waals surface area (Å²) < 4.78 is 0.245. The van der Waals surface area contributed by atoms with Crippen molar-refractivity contribution in [3.05, 3.63) is 0 Å². The van der Waals surface area contributed by atoms with Crippen molar-refractivity contribution < 1.29 is 0 Å². The molecular formula is C7H16S5. The molecule has 0 spiro atoms. The molecule has 0 rings (SSSR count). The maximum absolute atomic E-state index is 4.36. The zero-order chi connectivity index (χ0) is 9.45. The Hall–Kier alpha value is 1.75. The van der Waals surface area contributed by atoms with Crippen LogP contribution >= 0.6 is 61.4 Å².